The summed E-state index contributed by atoms with van der Waals surface area (Å²) in [5, 5.41) is 15.2. The van der Waals surface area contributed by atoms with Crippen molar-refractivity contribution in [3.05, 3.63) is 115 Å². The average Bonchev–Trinajstić information content (AvgIpc) is 2.96. The summed E-state index contributed by atoms with van der Waals surface area (Å²) in [5.74, 6) is -0.430. The number of nitrogens with zero attached hydrogens (tertiary/aromatic N) is 2. The number of carbonyl (C=O) groups excluding carboxylic acids is 1. The average molecular weight is 607 g/mol. The van der Waals surface area contributed by atoms with Gasteiger partial charge >= 0.3 is 0 Å². The van der Waals surface area contributed by atoms with Crippen molar-refractivity contribution in [3.63, 3.8) is 0 Å². The summed E-state index contributed by atoms with van der Waals surface area (Å²) in [4.78, 5) is 30.8. The first kappa shape index (κ1) is 28.7. The molecule has 0 fully saturated rings. The number of carbonyl (C=O) groups is 1. The molecule has 0 spiro atoms. The summed E-state index contributed by atoms with van der Waals surface area (Å²) in [5.41, 5.74) is 5.07. The third-order valence-electron chi connectivity index (χ3n) is 7.10. The zero-order chi connectivity index (χ0) is 29.3. The molecule has 0 unspecified atom stereocenters. The van der Waals surface area contributed by atoms with E-state index in [-0.39, 0.29) is 22.8 Å². The Labute approximate surface area is 252 Å². The summed E-state index contributed by atoms with van der Waals surface area (Å²) >= 11 is 19.0. The number of halogens is 3. The number of aromatic hydroxyl groups is 1. The molecule has 5 aromatic rings. The Morgan fingerprint density at radius 2 is 1.66 bits per heavy atom. The van der Waals surface area contributed by atoms with Gasteiger partial charge in [-0.15, -0.1) is 0 Å². The van der Waals surface area contributed by atoms with E-state index in [1.165, 1.54) is 6.07 Å². The van der Waals surface area contributed by atoms with Crippen molar-refractivity contribution in [2.24, 2.45) is 7.05 Å². The molecular weight excluding hydrogens is 581 g/mol. The van der Waals surface area contributed by atoms with Gasteiger partial charge in [0.25, 0.3) is 11.5 Å². The molecule has 41 heavy (non-hydrogen) atoms. The summed E-state index contributed by atoms with van der Waals surface area (Å²) < 4.78 is 1.55. The predicted molar refractivity (Wildman–Crippen MR) is 166 cm³/mol. The Kier molecular flexibility index (Phi) is 8.36. The lowest BCUT2D eigenvalue weighted by Gasteiger charge is -2.18. The third kappa shape index (κ3) is 5.82. The second kappa shape index (κ2) is 12.0. The zero-order valence-electron chi connectivity index (χ0n) is 22.3. The minimum Gasteiger partial charge on any atom is -0.507 e. The van der Waals surface area contributed by atoms with Gasteiger partial charge in [-0.2, -0.15) is 0 Å². The molecule has 0 saturated carbocycles. The molecular formula is C32H26Cl3N3O3. The van der Waals surface area contributed by atoms with E-state index in [0.717, 1.165) is 22.1 Å². The van der Waals surface area contributed by atoms with Gasteiger partial charge in [-0.1, -0.05) is 59.1 Å². The van der Waals surface area contributed by atoms with Gasteiger partial charge in [-0.3, -0.25) is 14.2 Å². The molecule has 6 nitrogen and oxygen atoms in total. The fourth-order valence-electron chi connectivity index (χ4n) is 4.95. The van der Waals surface area contributed by atoms with Crippen LogP contribution in [-0.2, 0) is 13.5 Å². The van der Waals surface area contributed by atoms with E-state index in [0.29, 0.717) is 56.9 Å². The van der Waals surface area contributed by atoms with Crippen LogP contribution in [0, 0.1) is 6.92 Å². The van der Waals surface area contributed by atoms with Crippen molar-refractivity contribution in [3.8, 4) is 28.1 Å². The molecule has 0 aliphatic heterocycles. The summed E-state index contributed by atoms with van der Waals surface area (Å²) in [6.07, 6.45) is 1.10. The van der Waals surface area contributed by atoms with E-state index in [2.05, 4.69) is 5.32 Å². The maximum atomic E-state index is 13.3. The molecule has 9 heteroatoms. The molecule has 0 aliphatic rings. The Balaban J connectivity index is 1.58. The fourth-order valence-corrected chi connectivity index (χ4v) is 5.57. The Morgan fingerprint density at radius 1 is 0.951 bits per heavy atom. The number of fused-ring (bicyclic) bond motifs is 1. The van der Waals surface area contributed by atoms with Crippen LogP contribution in [0.15, 0.2) is 77.6 Å². The van der Waals surface area contributed by atoms with Gasteiger partial charge in [-0.05, 0) is 79.4 Å². The number of benzene rings is 3. The lowest BCUT2D eigenvalue weighted by molar-refractivity contribution is 0.0950. The molecule has 2 heterocycles. The van der Waals surface area contributed by atoms with Gasteiger partial charge in [0.2, 0.25) is 0 Å². The summed E-state index contributed by atoms with van der Waals surface area (Å²) in [6.45, 7) is 2.17. The number of hydrogen-bond acceptors (Lipinski definition) is 4. The van der Waals surface area contributed by atoms with Crippen LogP contribution in [0.2, 0.25) is 15.1 Å². The van der Waals surface area contributed by atoms with Crippen molar-refractivity contribution < 1.29 is 9.90 Å². The lowest BCUT2D eigenvalue weighted by Crippen LogP contribution is -2.26. The molecule has 3 aromatic carbocycles. The largest absolute Gasteiger partial charge is 0.507 e. The van der Waals surface area contributed by atoms with E-state index < -0.39 is 0 Å². The number of rotatable bonds is 7. The van der Waals surface area contributed by atoms with Crippen LogP contribution in [0.25, 0.3) is 33.4 Å². The zero-order valence-corrected chi connectivity index (χ0v) is 24.6. The molecule has 2 aromatic heterocycles. The minimum atomic E-state index is -0.357. The van der Waals surface area contributed by atoms with Gasteiger partial charge in [-0.25, -0.2) is 4.98 Å². The van der Waals surface area contributed by atoms with Crippen LogP contribution in [0.4, 0.5) is 0 Å². The van der Waals surface area contributed by atoms with Crippen molar-refractivity contribution in [2.75, 3.05) is 6.54 Å². The number of hydrogen-bond donors (Lipinski definition) is 2. The number of nitrogens with one attached hydrogen (secondary N) is 1. The number of aryl methyl sites for hydroxylation is 2. The van der Waals surface area contributed by atoms with E-state index >= 15 is 0 Å². The molecule has 0 aliphatic carbocycles. The predicted octanol–water partition coefficient (Wildman–Crippen LogP) is 7.60. The number of pyridine rings is 2. The first-order valence-electron chi connectivity index (χ1n) is 13.0. The van der Waals surface area contributed by atoms with Crippen molar-refractivity contribution >= 4 is 51.7 Å². The minimum absolute atomic E-state index is 0.0733. The van der Waals surface area contributed by atoms with Crippen LogP contribution in [0.5, 0.6) is 5.75 Å². The molecule has 0 atom stereocenters. The number of phenolic OH excluding ortho intramolecular Hbond substituents is 1. The second-order valence-corrected chi connectivity index (χ2v) is 11.0. The van der Waals surface area contributed by atoms with E-state index in [4.69, 9.17) is 39.8 Å². The van der Waals surface area contributed by atoms with E-state index in [1.807, 2.05) is 43.3 Å². The molecule has 1 amide bonds. The first-order valence-corrected chi connectivity index (χ1v) is 14.1. The van der Waals surface area contributed by atoms with Crippen molar-refractivity contribution in [1.29, 1.82) is 0 Å². The van der Waals surface area contributed by atoms with Gasteiger partial charge in [0.05, 0.1) is 16.3 Å². The van der Waals surface area contributed by atoms with Crippen molar-refractivity contribution in [2.45, 2.75) is 19.8 Å². The monoisotopic (exact) mass is 605 g/mol. The van der Waals surface area contributed by atoms with Gasteiger partial charge in [0.1, 0.15) is 11.4 Å². The summed E-state index contributed by atoms with van der Waals surface area (Å²) in [7, 11) is 1.70. The van der Waals surface area contributed by atoms with Gasteiger partial charge in [0.15, 0.2) is 0 Å². The highest BCUT2D eigenvalue weighted by Crippen LogP contribution is 2.38. The first-order chi connectivity index (χ1) is 19.7. The molecule has 0 bridgehead atoms. The maximum absolute atomic E-state index is 13.3. The Morgan fingerprint density at radius 3 is 2.37 bits per heavy atom. The molecule has 0 saturated heterocycles. The standard InChI is InChI=1S/C32H26Cl3N3O3/c1-18-22(7-5-15-36-31(40)24-6-3-4-8-28(24)39)26-17-25(19-9-11-20(33)12-10-19)29(37-30(26)38(2)32(18)41)23-14-13-21(34)16-27(23)35/h3-4,6,8-14,16-17,39H,5,7,15H2,1-2H3,(H,36,40). The van der Waals surface area contributed by atoms with Crippen LogP contribution in [0.1, 0.15) is 27.9 Å². The maximum Gasteiger partial charge on any atom is 0.255 e. The lowest BCUT2D eigenvalue weighted by atomic mass is 9.94. The van der Waals surface area contributed by atoms with E-state index in [1.54, 1.807) is 41.9 Å². The van der Waals surface area contributed by atoms with Crippen LogP contribution in [0.3, 0.4) is 0 Å². The molecule has 5 rings (SSSR count). The molecule has 208 valence electrons. The third-order valence-corrected chi connectivity index (χ3v) is 7.90. The smallest absolute Gasteiger partial charge is 0.255 e. The topological polar surface area (TPSA) is 84.2 Å². The fraction of sp³-hybridized carbons (Fsp3) is 0.156. The Bertz CT molecular complexity index is 1850. The number of para-hydroxylation sites is 1. The second-order valence-electron chi connectivity index (χ2n) is 9.73. The SMILES string of the molecule is Cc1c(CCCNC(=O)c2ccccc2O)c2cc(-c3ccc(Cl)cc3)c(-c3ccc(Cl)cc3Cl)nc2n(C)c1=O. The van der Waals surface area contributed by atoms with E-state index in [9.17, 15) is 14.7 Å². The Hall–Kier alpha value is -3.84. The molecule has 0 radical (unpaired) electrons. The van der Waals surface area contributed by atoms with Crippen LogP contribution < -0.4 is 10.9 Å². The number of phenols is 1. The van der Waals surface area contributed by atoms with Gasteiger partial charge < -0.3 is 10.4 Å². The summed E-state index contributed by atoms with van der Waals surface area (Å²) in [6, 6.07) is 21.1. The number of amides is 1. The van der Waals surface area contributed by atoms with Crippen LogP contribution in [-0.4, -0.2) is 27.1 Å². The highest BCUT2D eigenvalue weighted by Gasteiger charge is 2.20. The molecule has 2 N–H and O–H groups in total. The van der Waals surface area contributed by atoms with Crippen molar-refractivity contribution in [1.82, 2.24) is 14.9 Å². The quantitative estimate of drug-likeness (QED) is 0.187. The number of aromatic nitrogens is 2. The highest BCUT2D eigenvalue weighted by molar-refractivity contribution is 6.36. The van der Waals surface area contributed by atoms with Crippen LogP contribution >= 0.6 is 34.8 Å². The normalized spacial score (nSPS) is 11.1. The van der Waals surface area contributed by atoms with Gasteiger partial charge in [0, 0.05) is 45.7 Å². The highest BCUT2D eigenvalue weighted by atomic mass is 35.5.